The summed E-state index contributed by atoms with van der Waals surface area (Å²) in [7, 11) is -1.37. The maximum atomic E-state index is 6.31. The van der Waals surface area contributed by atoms with Gasteiger partial charge in [0.1, 0.15) is 5.58 Å². The van der Waals surface area contributed by atoms with E-state index in [2.05, 4.69) is 148 Å². The first kappa shape index (κ1) is 37.2. The van der Waals surface area contributed by atoms with Crippen molar-refractivity contribution in [3.63, 3.8) is 0 Å². The number of benzene rings is 6. The van der Waals surface area contributed by atoms with E-state index in [1.165, 1.54) is 21.5 Å². The van der Waals surface area contributed by atoms with Crippen LogP contribution in [0.3, 0.4) is 0 Å². The van der Waals surface area contributed by atoms with Crippen LogP contribution in [-0.4, -0.2) is 22.6 Å². The average molecular weight is 898 g/mol. The number of hydrogen-bond acceptors (Lipinski definition) is 3. The number of nitrogens with zero attached hydrogens (tertiary/aromatic N) is 3. The number of fused-ring (bicyclic) bond motifs is 5. The molecule has 0 saturated heterocycles. The van der Waals surface area contributed by atoms with Crippen molar-refractivity contribution in [2.24, 2.45) is 5.41 Å². The minimum absolute atomic E-state index is 0. The Labute approximate surface area is 332 Å². The van der Waals surface area contributed by atoms with Crippen LogP contribution in [0.15, 0.2) is 144 Å². The molecule has 6 aromatic carbocycles. The minimum Gasteiger partial charge on any atom is -0.501 e. The average Bonchev–Trinajstić information content (AvgIpc) is 3.73. The Balaban J connectivity index is 0.000000180. The molecular weight excluding hydrogens is 855 g/mol. The summed E-state index contributed by atoms with van der Waals surface area (Å²) in [6.45, 7) is 14.1. The molecule has 0 aliphatic rings. The maximum Gasteiger partial charge on any atom is 0.120 e. The third kappa shape index (κ3) is 7.47. The number of pyridine rings is 1. The fraction of sp³-hybridized carbons (Fsp3) is 0.167. The van der Waals surface area contributed by atoms with Gasteiger partial charge in [0, 0.05) is 37.4 Å². The van der Waals surface area contributed by atoms with Gasteiger partial charge in [-0.1, -0.05) is 124 Å². The van der Waals surface area contributed by atoms with Crippen molar-refractivity contribution in [2.45, 2.75) is 46.8 Å². The van der Waals surface area contributed by atoms with Crippen LogP contribution in [0.5, 0.6) is 0 Å². The van der Waals surface area contributed by atoms with Gasteiger partial charge in [0.25, 0.3) is 0 Å². The first-order valence-corrected chi connectivity index (χ1v) is 21.8. The number of hydrogen-bond donors (Lipinski definition) is 0. The number of para-hydroxylation sites is 3. The number of rotatable bonds is 5. The molecule has 0 N–H and O–H groups in total. The Morgan fingerprint density at radius 3 is 2.24 bits per heavy atom. The molecule has 0 aliphatic heterocycles. The summed E-state index contributed by atoms with van der Waals surface area (Å²) in [6.07, 6.45) is 3.21. The summed E-state index contributed by atoms with van der Waals surface area (Å²) in [4.78, 5) is 9.74. The van der Waals surface area contributed by atoms with Crippen LogP contribution in [0.1, 0.15) is 26.3 Å². The Morgan fingerprint density at radius 1 is 0.722 bits per heavy atom. The molecule has 0 unspecified atom stereocenters. The summed E-state index contributed by atoms with van der Waals surface area (Å²) in [5.74, 6) is 0.825. The van der Waals surface area contributed by atoms with Crippen LogP contribution in [0.25, 0.3) is 72.1 Å². The van der Waals surface area contributed by atoms with Gasteiger partial charge in [-0.2, -0.15) is 0 Å². The summed E-state index contributed by atoms with van der Waals surface area (Å²) in [5, 5.41) is 6.07. The molecule has 0 bridgehead atoms. The quantitative estimate of drug-likeness (QED) is 0.128. The SMILES string of the molecule is CC(C)(C)Cc1cc(-c2[c-]cccc2)ncc1[Si](C)(C)C.[Ir].[c-]1ccc2c(oc3ccccc32)c1-c1nc2ccccc2n1-c1ccc2ccccc2c1. The van der Waals surface area contributed by atoms with Gasteiger partial charge in [-0.3, -0.25) is 4.98 Å². The van der Waals surface area contributed by atoms with E-state index >= 15 is 0 Å². The van der Waals surface area contributed by atoms with Gasteiger partial charge in [0.05, 0.1) is 30.5 Å². The second-order valence-corrected chi connectivity index (χ2v) is 21.0. The third-order valence-corrected chi connectivity index (χ3v) is 11.7. The van der Waals surface area contributed by atoms with Crippen molar-refractivity contribution in [3.8, 4) is 28.3 Å². The van der Waals surface area contributed by atoms with E-state index < -0.39 is 8.07 Å². The number of imidazole rings is 1. The van der Waals surface area contributed by atoms with E-state index in [9.17, 15) is 0 Å². The number of aromatic nitrogens is 3. The molecule has 9 rings (SSSR count). The zero-order valence-electron chi connectivity index (χ0n) is 31.6. The van der Waals surface area contributed by atoms with Crippen molar-refractivity contribution in [1.82, 2.24) is 14.5 Å². The van der Waals surface area contributed by atoms with E-state index in [1.54, 1.807) is 0 Å². The molecule has 0 spiro atoms. The Morgan fingerprint density at radius 2 is 1.46 bits per heavy atom. The van der Waals surface area contributed by atoms with Crippen LogP contribution < -0.4 is 5.19 Å². The molecular formula is C48H43IrN3OSi-2. The molecule has 0 fully saturated rings. The molecule has 0 aliphatic carbocycles. The van der Waals surface area contributed by atoms with Crippen molar-refractivity contribution in [3.05, 3.63) is 157 Å². The summed E-state index contributed by atoms with van der Waals surface area (Å²) in [6, 6.07) is 52.4. The van der Waals surface area contributed by atoms with Gasteiger partial charge < -0.3 is 14.0 Å². The first-order chi connectivity index (χ1) is 25.5. The fourth-order valence-electron chi connectivity index (χ4n) is 7.22. The fourth-order valence-corrected chi connectivity index (χ4v) is 8.79. The van der Waals surface area contributed by atoms with Gasteiger partial charge in [-0.15, -0.1) is 54.1 Å². The molecule has 1 radical (unpaired) electrons. The second kappa shape index (κ2) is 14.9. The smallest absolute Gasteiger partial charge is 0.120 e. The summed E-state index contributed by atoms with van der Waals surface area (Å²) < 4.78 is 8.52. The van der Waals surface area contributed by atoms with Gasteiger partial charge in [-0.25, -0.2) is 0 Å². The van der Waals surface area contributed by atoms with E-state index in [4.69, 9.17) is 14.4 Å². The third-order valence-electron chi connectivity index (χ3n) is 9.62. The first-order valence-electron chi connectivity index (χ1n) is 18.3. The Kier molecular flexibility index (Phi) is 10.3. The molecule has 3 aromatic heterocycles. The largest absolute Gasteiger partial charge is 0.501 e. The van der Waals surface area contributed by atoms with Crippen LogP contribution in [0, 0.1) is 17.5 Å². The van der Waals surface area contributed by atoms with Crippen LogP contribution in [0.2, 0.25) is 19.6 Å². The van der Waals surface area contributed by atoms with Crippen molar-refractivity contribution >= 4 is 57.0 Å². The summed E-state index contributed by atoms with van der Waals surface area (Å²) >= 11 is 0. The minimum atomic E-state index is -1.37. The molecule has 271 valence electrons. The normalized spacial score (nSPS) is 11.8. The van der Waals surface area contributed by atoms with E-state index in [0.717, 1.165) is 67.7 Å². The van der Waals surface area contributed by atoms with Gasteiger partial charge in [-0.05, 0) is 63.8 Å². The van der Waals surface area contributed by atoms with Gasteiger partial charge >= 0.3 is 0 Å². The molecule has 0 amide bonds. The Bertz CT molecular complexity index is 2730. The standard InChI is InChI=1S/C29H17N2O.C19H26NSi.Ir/c1-2-9-20-18-21(17-16-19(20)8-1)31-26-14-5-4-13-25(26)30-29(31)24-12-7-11-23-22-10-3-6-15-27(22)32-28(23)24;1-19(2,3)13-16-12-17(15-10-8-7-9-11-15)20-14-18(16)21(4,5)6;/h1-11,13-18H;7-10,12,14H,13H2,1-6H3;/q2*-1;. The predicted molar refractivity (Wildman–Crippen MR) is 225 cm³/mol. The summed E-state index contributed by atoms with van der Waals surface area (Å²) in [5.41, 5.74) is 9.47. The molecule has 54 heavy (non-hydrogen) atoms. The van der Waals surface area contributed by atoms with Crippen molar-refractivity contribution in [1.29, 1.82) is 0 Å². The second-order valence-electron chi connectivity index (χ2n) is 16.0. The maximum absolute atomic E-state index is 6.31. The zero-order chi connectivity index (χ0) is 36.7. The van der Waals surface area contributed by atoms with Crippen LogP contribution >= 0.6 is 0 Å². The molecule has 6 heteroatoms. The van der Waals surface area contributed by atoms with Crippen molar-refractivity contribution < 1.29 is 24.5 Å². The van der Waals surface area contributed by atoms with E-state index in [1.807, 2.05) is 48.5 Å². The number of furan rings is 1. The van der Waals surface area contributed by atoms with Gasteiger partial charge in [0.2, 0.25) is 0 Å². The molecule has 0 saturated carbocycles. The van der Waals surface area contributed by atoms with Crippen LogP contribution in [0.4, 0.5) is 0 Å². The van der Waals surface area contributed by atoms with Crippen molar-refractivity contribution in [2.75, 3.05) is 0 Å². The molecule has 0 atom stereocenters. The monoisotopic (exact) mass is 898 g/mol. The Hall–Kier alpha value is -5.13. The predicted octanol–water partition coefficient (Wildman–Crippen LogP) is 12.2. The van der Waals surface area contributed by atoms with E-state index in [0.29, 0.717) is 0 Å². The van der Waals surface area contributed by atoms with Crippen LogP contribution in [-0.2, 0) is 26.5 Å². The molecule has 4 nitrogen and oxygen atoms in total. The molecule has 9 aromatic rings. The zero-order valence-corrected chi connectivity index (χ0v) is 35.0. The molecule has 3 heterocycles. The van der Waals surface area contributed by atoms with E-state index in [-0.39, 0.29) is 25.5 Å². The van der Waals surface area contributed by atoms with Gasteiger partial charge in [0.15, 0.2) is 0 Å². The topological polar surface area (TPSA) is 43.9 Å².